The number of hydrogen-bond acceptors (Lipinski definition) is 7. The number of ether oxygens (including phenoxy) is 1. The summed E-state index contributed by atoms with van der Waals surface area (Å²) in [6.45, 7) is 8.13. The molecule has 0 atom stereocenters. The van der Waals surface area contributed by atoms with Gasteiger partial charge in [-0.25, -0.2) is 22.4 Å². The lowest BCUT2D eigenvalue weighted by atomic mass is 10.0. The minimum atomic E-state index is -2.59. The van der Waals surface area contributed by atoms with Crippen LogP contribution in [0.25, 0.3) is 0 Å². The van der Waals surface area contributed by atoms with Crippen LogP contribution in [-0.2, 0) is 40.0 Å². The number of nitrogens with zero attached hydrogens (tertiary/aromatic N) is 2. The molecule has 0 unspecified atom stereocenters. The van der Waals surface area contributed by atoms with E-state index < -0.39 is 23.5 Å². The fourth-order valence-electron chi connectivity index (χ4n) is 5.58. The largest absolute Gasteiger partial charge is 0.444 e. The van der Waals surface area contributed by atoms with E-state index in [-0.39, 0.29) is 63.4 Å². The van der Waals surface area contributed by atoms with Gasteiger partial charge in [-0.05, 0) is 62.4 Å². The monoisotopic (exact) mass is 692 g/mol. The molecule has 0 saturated carbocycles. The van der Waals surface area contributed by atoms with E-state index in [0.29, 0.717) is 45.4 Å². The molecule has 8 nitrogen and oxygen atoms in total. The zero-order valence-electron chi connectivity index (χ0n) is 29.0. The summed E-state index contributed by atoms with van der Waals surface area (Å²) < 4.78 is 57.6. The minimum Gasteiger partial charge on any atom is -0.444 e. The SMILES string of the molecule is CC(C)(C)OC(=O)NCCc1ccc(CC(=O)CN2CCC(F)(F)CC2)cc1.NCCc1ccc(CC(=O)CN2CCC(F)(F)CC2)cc1. The molecule has 2 aliphatic heterocycles. The average molecular weight is 693 g/mol. The van der Waals surface area contributed by atoms with Crippen molar-refractivity contribution in [2.24, 2.45) is 5.73 Å². The maximum absolute atomic E-state index is 13.2. The quantitative estimate of drug-likeness (QED) is 0.263. The Morgan fingerprint density at radius 2 is 1.06 bits per heavy atom. The number of Topliss-reactive ketones (excluding diaryl/α,β-unsaturated/α-hetero) is 2. The van der Waals surface area contributed by atoms with E-state index in [0.717, 1.165) is 28.7 Å². The van der Waals surface area contributed by atoms with Gasteiger partial charge in [0.15, 0.2) is 11.6 Å². The van der Waals surface area contributed by atoms with Crippen LogP contribution in [0.4, 0.5) is 22.4 Å². The van der Waals surface area contributed by atoms with Gasteiger partial charge in [0.2, 0.25) is 0 Å². The van der Waals surface area contributed by atoms with Gasteiger partial charge in [0.05, 0.1) is 13.1 Å². The first kappa shape index (κ1) is 40.1. The zero-order valence-corrected chi connectivity index (χ0v) is 29.0. The number of alkyl halides is 4. The Hall–Kier alpha value is -3.35. The van der Waals surface area contributed by atoms with Crippen molar-refractivity contribution >= 4 is 17.7 Å². The number of hydrogen-bond donors (Lipinski definition) is 2. The van der Waals surface area contributed by atoms with Crippen LogP contribution in [0, 0.1) is 0 Å². The number of nitrogens with two attached hydrogens (primary N) is 1. The molecule has 2 heterocycles. The maximum atomic E-state index is 13.2. The number of nitrogens with one attached hydrogen (secondary N) is 1. The van der Waals surface area contributed by atoms with Gasteiger partial charge in [0.25, 0.3) is 11.8 Å². The van der Waals surface area contributed by atoms with Gasteiger partial charge in [-0.3, -0.25) is 19.4 Å². The molecule has 0 aliphatic carbocycles. The highest BCUT2D eigenvalue weighted by Gasteiger charge is 2.35. The third kappa shape index (κ3) is 16.3. The van der Waals surface area contributed by atoms with Crippen LogP contribution in [0.2, 0.25) is 0 Å². The number of piperidine rings is 2. The normalized spacial score (nSPS) is 17.8. The molecule has 0 aromatic heterocycles. The Labute approximate surface area is 287 Å². The van der Waals surface area contributed by atoms with Crippen molar-refractivity contribution in [1.29, 1.82) is 0 Å². The average Bonchev–Trinajstić information content (AvgIpc) is 3.01. The summed E-state index contributed by atoms with van der Waals surface area (Å²) in [5.74, 6) is -5.04. The Morgan fingerprint density at radius 3 is 1.43 bits per heavy atom. The Balaban J connectivity index is 0.000000276. The Kier molecular flexibility index (Phi) is 15.2. The molecule has 2 aliphatic rings. The lowest BCUT2D eigenvalue weighted by Crippen LogP contribution is -2.42. The minimum absolute atomic E-state index is 0.0320. The number of carbonyl (C=O) groups is 3. The topological polar surface area (TPSA) is 105 Å². The number of amides is 1. The number of carbonyl (C=O) groups excluding carboxylic acids is 3. The van der Waals surface area contributed by atoms with Crippen LogP contribution in [0.1, 0.15) is 68.7 Å². The number of rotatable bonds is 13. The van der Waals surface area contributed by atoms with Gasteiger partial charge in [-0.2, -0.15) is 0 Å². The second-order valence-corrected chi connectivity index (χ2v) is 14.0. The molecule has 4 rings (SSSR count). The summed E-state index contributed by atoms with van der Waals surface area (Å²) >= 11 is 0. The predicted molar refractivity (Wildman–Crippen MR) is 182 cm³/mol. The van der Waals surface area contributed by atoms with Crippen molar-refractivity contribution in [2.75, 3.05) is 52.4 Å². The van der Waals surface area contributed by atoms with Crippen LogP contribution in [0.15, 0.2) is 48.5 Å². The van der Waals surface area contributed by atoms with Gasteiger partial charge in [-0.15, -0.1) is 0 Å². The third-order valence-corrected chi connectivity index (χ3v) is 8.34. The van der Waals surface area contributed by atoms with Crippen molar-refractivity contribution in [3.05, 3.63) is 70.8 Å². The fraction of sp³-hybridized carbons (Fsp3) is 0.595. The number of alkyl carbamates (subject to hydrolysis) is 1. The molecule has 2 aromatic rings. The van der Waals surface area contributed by atoms with Crippen LogP contribution < -0.4 is 11.1 Å². The van der Waals surface area contributed by atoms with Gasteiger partial charge in [0.1, 0.15) is 5.60 Å². The lowest BCUT2D eigenvalue weighted by molar-refractivity contribution is -0.122. The smallest absolute Gasteiger partial charge is 0.407 e. The molecular formula is C37H52F4N4O4. The summed E-state index contributed by atoms with van der Waals surface area (Å²) in [6, 6.07) is 15.5. The highest BCUT2D eigenvalue weighted by atomic mass is 19.3. The number of ketones is 2. The van der Waals surface area contributed by atoms with Crippen molar-refractivity contribution in [3.63, 3.8) is 0 Å². The maximum Gasteiger partial charge on any atom is 0.407 e. The van der Waals surface area contributed by atoms with Gasteiger partial charge in [-0.1, -0.05) is 48.5 Å². The fourth-order valence-corrected chi connectivity index (χ4v) is 5.58. The van der Waals surface area contributed by atoms with Gasteiger partial charge >= 0.3 is 6.09 Å². The van der Waals surface area contributed by atoms with E-state index in [1.165, 1.54) is 0 Å². The first-order valence-corrected chi connectivity index (χ1v) is 17.1. The number of halogens is 4. The van der Waals surface area contributed by atoms with Crippen molar-refractivity contribution in [1.82, 2.24) is 15.1 Å². The molecule has 49 heavy (non-hydrogen) atoms. The summed E-state index contributed by atoms with van der Waals surface area (Å²) in [5, 5.41) is 2.71. The van der Waals surface area contributed by atoms with E-state index in [2.05, 4.69) is 5.32 Å². The highest BCUT2D eigenvalue weighted by Crippen LogP contribution is 2.28. The lowest BCUT2D eigenvalue weighted by Gasteiger charge is -2.31. The molecule has 272 valence electrons. The molecular weight excluding hydrogens is 640 g/mol. The van der Waals surface area contributed by atoms with Crippen LogP contribution in [0.3, 0.4) is 0 Å². The molecule has 0 spiro atoms. The molecule has 0 bridgehead atoms. The summed E-state index contributed by atoms with van der Waals surface area (Å²) in [6.07, 6.45) is 1.07. The van der Waals surface area contributed by atoms with Crippen LogP contribution in [0.5, 0.6) is 0 Å². The van der Waals surface area contributed by atoms with Crippen LogP contribution in [-0.4, -0.2) is 97.3 Å². The molecule has 2 aromatic carbocycles. The van der Waals surface area contributed by atoms with Crippen molar-refractivity contribution < 1.29 is 36.7 Å². The third-order valence-electron chi connectivity index (χ3n) is 8.34. The van der Waals surface area contributed by atoms with Crippen molar-refractivity contribution in [3.8, 4) is 0 Å². The van der Waals surface area contributed by atoms with E-state index in [1.54, 1.807) is 4.90 Å². The first-order chi connectivity index (χ1) is 23.0. The standard InChI is InChI=1S/C21H30F2N2O3.C16H22F2N2O/c1-20(2,3)28-19(27)24-11-8-16-4-6-17(7-5-16)14-18(26)15-25-12-9-21(22,23)10-13-25;17-16(18)6-9-20(10-7-16)12-15(21)11-14-3-1-13(2-4-14)5-8-19/h4-7H,8-15H2,1-3H3,(H,24,27);1-4H,5-12,19H2. The molecule has 2 fully saturated rings. The van der Waals surface area contributed by atoms with E-state index in [4.69, 9.17) is 10.5 Å². The molecule has 12 heteroatoms. The highest BCUT2D eigenvalue weighted by molar-refractivity contribution is 5.83. The number of benzene rings is 2. The molecule has 0 radical (unpaired) electrons. The predicted octanol–water partition coefficient (Wildman–Crippen LogP) is 5.63. The summed E-state index contributed by atoms with van der Waals surface area (Å²) in [5.41, 5.74) is 9.04. The second kappa shape index (κ2) is 18.6. The molecule has 2 saturated heterocycles. The van der Waals surface area contributed by atoms with E-state index >= 15 is 0 Å². The zero-order chi connectivity index (χ0) is 36.1. The number of likely N-dealkylation sites (tertiary alicyclic amines) is 2. The van der Waals surface area contributed by atoms with Crippen LogP contribution >= 0.6 is 0 Å². The summed E-state index contributed by atoms with van der Waals surface area (Å²) in [7, 11) is 0. The van der Waals surface area contributed by atoms with E-state index in [1.807, 2.05) is 74.2 Å². The molecule has 1 amide bonds. The van der Waals surface area contributed by atoms with Gasteiger partial charge < -0.3 is 15.8 Å². The Bertz CT molecular complexity index is 1330. The summed E-state index contributed by atoms with van der Waals surface area (Å²) in [4.78, 5) is 39.4. The van der Waals surface area contributed by atoms with Gasteiger partial charge in [0, 0.05) is 71.2 Å². The second-order valence-electron chi connectivity index (χ2n) is 14.0. The van der Waals surface area contributed by atoms with Crippen molar-refractivity contribution in [2.45, 2.75) is 89.6 Å². The molecule has 3 N–H and O–H groups in total. The Morgan fingerprint density at radius 1 is 0.694 bits per heavy atom. The van der Waals surface area contributed by atoms with E-state index in [9.17, 15) is 31.9 Å². The first-order valence-electron chi connectivity index (χ1n) is 17.1.